The molecule has 3 N–H and O–H groups in total. The lowest BCUT2D eigenvalue weighted by Gasteiger charge is -2.34. The second kappa shape index (κ2) is 10.5. The van der Waals surface area contributed by atoms with Gasteiger partial charge >= 0.3 is 0 Å². The average molecular weight is 348 g/mol. The number of allylic oxidation sites excluding steroid dienone is 2. The summed E-state index contributed by atoms with van der Waals surface area (Å²) in [4.78, 5) is 16.6. The molecule has 2 atom stereocenters. The summed E-state index contributed by atoms with van der Waals surface area (Å²) in [7, 11) is 0. The summed E-state index contributed by atoms with van der Waals surface area (Å²) in [5.74, 6) is 0.0883. The molecule has 6 heteroatoms. The Morgan fingerprint density at radius 3 is 2.52 bits per heavy atom. The number of β-amino-alcohol motifs (C(OH)–C–C–N with tert-alkyl or cyclic N) is 1. The Labute approximate surface area is 151 Å². The van der Waals surface area contributed by atoms with Crippen molar-refractivity contribution < 1.29 is 9.90 Å². The van der Waals surface area contributed by atoms with Crippen molar-refractivity contribution in [2.24, 2.45) is 0 Å². The number of carbonyl (C=O) groups is 1. The zero-order chi connectivity index (χ0) is 18.1. The van der Waals surface area contributed by atoms with Crippen molar-refractivity contribution in [1.82, 2.24) is 20.4 Å². The number of aliphatic hydroxyl groups is 1. The lowest BCUT2D eigenvalue weighted by molar-refractivity contribution is -0.122. The Bertz CT molecular complexity index is 484. The molecule has 2 unspecified atom stereocenters. The van der Waals surface area contributed by atoms with Gasteiger partial charge in [0.1, 0.15) is 0 Å². The molecule has 1 amide bonds. The van der Waals surface area contributed by atoms with Crippen LogP contribution in [0.1, 0.15) is 12.8 Å². The van der Waals surface area contributed by atoms with Crippen LogP contribution in [0.25, 0.3) is 0 Å². The van der Waals surface area contributed by atoms with Gasteiger partial charge in [-0.25, -0.2) is 0 Å². The first-order valence-corrected chi connectivity index (χ1v) is 9.16. The normalized spacial score (nSPS) is 25.3. The molecule has 6 nitrogen and oxygen atoms in total. The van der Waals surface area contributed by atoms with E-state index in [-0.39, 0.29) is 12.0 Å². The van der Waals surface area contributed by atoms with Gasteiger partial charge in [0.2, 0.25) is 5.91 Å². The van der Waals surface area contributed by atoms with Crippen LogP contribution >= 0.6 is 0 Å². The molecule has 0 radical (unpaired) electrons. The van der Waals surface area contributed by atoms with E-state index in [1.807, 2.05) is 12.2 Å². The fourth-order valence-electron chi connectivity index (χ4n) is 3.31. The number of rotatable bonds is 9. The van der Waals surface area contributed by atoms with Crippen molar-refractivity contribution in [1.29, 1.82) is 0 Å². The summed E-state index contributed by atoms with van der Waals surface area (Å²) in [6, 6.07) is 0.321. The number of piperazine rings is 1. The Balaban J connectivity index is 1.56. The molecule has 2 aliphatic heterocycles. The monoisotopic (exact) mass is 348 g/mol. The van der Waals surface area contributed by atoms with Crippen LogP contribution < -0.4 is 10.6 Å². The Kier molecular flexibility index (Phi) is 8.34. The fraction of sp³-hybridized carbons (Fsp3) is 0.632. The standard InChI is InChI=1S/C19H32N4O2/c1-3-4-5-16(2)14-22-8-10-23(11-9-22)15-19(25)20-7-6-17-12-18(24)13-21-17/h3-5,17-18,21,24H,1-2,6-15H2,(H,20,25)/b5-4-. The Hall–Kier alpha value is -1.47. The van der Waals surface area contributed by atoms with Gasteiger partial charge in [0.05, 0.1) is 12.6 Å². The molecule has 2 heterocycles. The van der Waals surface area contributed by atoms with Crippen molar-refractivity contribution in [3.8, 4) is 0 Å². The highest BCUT2D eigenvalue weighted by Crippen LogP contribution is 2.09. The molecule has 2 saturated heterocycles. The van der Waals surface area contributed by atoms with Crippen LogP contribution in [0.5, 0.6) is 0 Å². The van der Waals surface area contributed by atoms with Crippen molar-refractivity contribution in [2.75, 3.05) is 52.4 Å². The molecule has 0 bridgehead atoms. The molecular formula is C19H32N4O2. The van der Waals surface area contributed by atoms with Crippen LogP contribution in [0, 0.1) is 0 Å². The van der Waals surface area contributed by atoms with Crippen LogP contribution in [0.2, 0.25) is 0 Å². The van der Waals surface area contributed by atoms with Gasteiger partial charge in [-0.3, -0.25) is 14.6 Å². The summed E-state index contributed by atoms with van der Waals surface area (Å²) < 4.78 is 0. The minimum Gasteiger partial charge on any atom is -0.392 e. The molecule has 2 rings (SSSR count). The highest BCUT2D eigenvalue weighted by atomic mass is 16.3. The second-order valence-electron chi connectivity index (χ2n) is 6.94. The first-order valence-electron chi connectivity index (χ1n) is 9.16. The zero-order valence-corrected chi connectivity index (χ0v) is 15.1. The van der Waals surface area contributed by atoms with E-state index in [9.17, 15) is 9.90 Å². The molecule has 0 aromatic heterocycles. The number of aliphatic hydroxyl groups excluding tert-OH is 1. The molecule has 0 saturated carbocycles. The highest BCUT2D eigenvalue weighted by molar-refractivity contribution is 5.78. The average Bonchev–Trinajstić information content (AvgIpc) is 3.00. The first-order chi connectivity index (χ1) is 12.1. The maximum Gasteiger partial charge on any atom is 0.234 e. The number of amides is 1. The Morgan fingerprint density at radius 2 is 1.92 bits per heavy atom. The van der Waals surface area contributed by atoms with Gasteiger partial charge in [-0.1, -0.05) is 31.4 Å². The van der Waals surface area contributed by atoms with Crippen LogP contribution in [0.3, 0.4) is 0 Å². The van der Waals surface area contributed by atoms with E-state index in [0.29, 0.717) is 25.7 Å². The van der Waals surface area contributed by atoms with Gasteiger partial charge in [-0.2, -0.15) is 0 Å². The van der Waals surface area contributed by atoms with E-state index in [4.69, 9.17) is 0 Å². The number of hydrogen-bond donors (Lipinski definition) is 3. The third-order valence-corrected chi connectivity index (χ3v) is 4.74. The van der Waals surface area contributed by atoms with Gasteiger partial charge in [-0.05, 0) is 18.4 Å². The molecule has 0 aliphatic carbocycles. The van der Waals surface area contributed by atoms with Gasteiger partial charge in [0.25, 0.3) is 0 Å². The number of nitrogens with one attached hydrogen (secondary N) is 2. The molecular weight excluding hydrogens is 316 g/mol. The summed E-state index contributed by atoms with van der Waals surface area (Å²) >= 11 is 0. The van der Waals surface area contributed by atoms with E-state index in [2.05, 4.69) is 33.6 Å². The predicted molar refractivity (Wildman–Crippen MR) is 101 cm³/mol. The molecule has 2 fully saturated rings. The topological polar surface area (TPSA) is 67.8 Å². The summed E-state index contributed by atoms with van der Waals surface area (Å²) in [5, 5.41) is 15.7. The van der Waals surface area contributed by atoms with Crippen LogP contribution in [0.4, 0.5) is 0 Å². The first kappa shape index (κ1) is 19.8. The molecule has 2 aliphatic rings. The molecule has 0 spiro atoms. The maximum absolute atomic E-state index is 12.1. The second-order valence-corrected chi connectivity index (χ2v) is 6.94. The molecule has 0 aromatic carbocycles. The van der Waals surface area contributed by atoms with Crippen LogP contribution in [-0.2, 0) is 4.79 Å². The fourth-order valence-corrected chi connectivity index (χ4v) is 3.31. The summed E-state index contributed by atoms with van der Waals surface area (Å²) in [6.07, 6.45) is 7.07. The summed E-state index contributed by atoms with van der Waals surface area (Å²) in [6.45, 7) is 14.1. The molecule has 25 heavy (non-hydrogen) atoms. The van der Waals surface area contributed by atoms with Crippen LogP contribution in [-0.4, -0.2) is 85.3 Å². The summed E-state index contributed by atoms with van der Waals surface area (Å²) in [5.41, 5.74) is 1.08. The number of carbonyl (C=O) groups excluding carboxylic acids is 1. The van der Waals surface area contributed by atoms with E-state index >= 15 is 0 Å². The molecule has 140 valence electrons. The third kappa shape index (κ3) is 7.52. The predicted octanol–water partition coefficient (Wildman–Crippen LogP) is 0.132. The van der Waals surface area contributed by atoms with Gasteiger partial charge in [0.15, 0.2) is 0 Å². The number of hydrogen-bond acceptors (Lipinski definition) is 5. The SMILES string of the molecule is C=C/C=C\C(=C)CN1CCN(CC(=O)NCCC2CC(O)CN2)CC1. The van der Waals surface area contributed by atoms with Crippen molar-refractivity contribution in [3.05, 3.63) is 37.0 Å². The minimum atomic E-state index is -0.236. The van der Waals surface area contributed by atoms with Crippen molar-refractivity contribution >= 4 is 5.91 Å². The lowest BCUT2D eigenvalue weighted by Crippen LogP contribution is -2.49. The number of nitrogens with zero attached hydrogens (tertiary/aromatic N) is 2. The van der Waals surface area contributed by atoms with E-state index < -0.39 is 0 Å². The van der Waals surface area contributed by atoms with E-state index in [1.165, 1.54) is 0 Å². The third-order valence-electron chi connectivity index (χ3n) is 4.74. The highest BCUT2D eigenvalue weighted by Gasteiger charge is 2.22. The van der Waals surface area contributed by atoms with E-state index in [0.717, 1.165) is 51.1 Å². The van der Waals surface area contributed by atoms with Crippen molar-refractivity contribution in [2.45, 2.75) is 25.0 Å². The van der Waals surface area contributed by atoms with Gasteiger partial charge < -0.3 is 15.7 Å². The van der Waals surface area contributed by atoms with Gasteiger partial charge in [-0.15, -0.1) is 0 Å². The Morgan fingerprint density at radius 1 is 1.24 bits per heavy atom. The quantitative estimate of drug-likeness (QED) is 0.517. The van der Waals surface area contributed by atoms with E-state index in [1.54, 1.807) is 6.08 Å². The van der Waals surface area contributed by atoms with Crippen LogP contribution in [0.15, 0.2) is 37.0 Å². The largest absolute Gasteiger partial charge is 0.392 e. The maximum atomic E-state index is 12.1. The smallest absolute Gasteiger partial charge is 0.234 e. The van der Waals surface area contributed by atoms with Crippen molar-refractivity contribution in [3.63, 3.8) is 0 Å². The molecule has 0 aromatic rings. The zero-order valence-electron chi connectivity index (χ0n) is 15.1. The van der Waals surface area contributed by atoms with Gasteiger partial charge in [0, 0.05) is 51.9 Å². The lowest BCUT2D eigenvalue weighted by atomic mass is 10.1. The minimum absolute atomic E-state index is 0.0883.